The van der Waals surface area contributed by atoms with Gasteiger partial charge >= 0.3 is 23.5 Å². The van der Waals surface area contributed by atoms with Gasteiger partial charge in [0.1, 0.15) is 30.2 Å². The van der Waals surface area contributed by atoms with Gasteiger partial charge in [-0.05, 0) is 5.56 Å². The van der Waals surface area contributed by atoms with Crippen LogP contribution >= 0.6 is 23.5 Å². The molecule has 1 aromatic carbocycles. The van der Waals surface area contributed by atoms with Crippen LogP contribution in [0.25, 0.3) is 11.2 Å². The number of ether oxygens (including phenoxy) is 3. The Morgan fingerprint density at radius 1 is 0.921 bits per heavy atom. The van der Waals surface area contributed by atoms with Gasteiger partial charge in [-0.1, -0.05) is 30.3 Å². The number of nitrogens with zero attached hydrogens (tertiary/aromatic N) is 4. The predicted octanol–water partition coefficient (Wildman–Crippen LogP) is 1.42. The summed E-state index contributed by atoms with van der Waals surface area (Å²) >= 11 is 0. The minimum absolute atomic E-state index is 0.385. The molecule has 2 aliphatic heterocycles. The van der Waals surface area contributed by atoms with Crippen LogP contribution < -0.4 is 0 Å². The molecule has 0 bridgehead atoms. The van der Waals surface area contributed by atoms with Crippen molar-refractivity contribution in [1.29, 1.82) is 0 Å². The van der Waals surface area contributed by atoms with Crippen molar-refractivity contribution in [2.75, 3.05) is 6.61 Å². The number of phosphoric acid groups is 3. The monoisotopic (exact) mass is 594 g/mol. The van der Waals surface area contributed by atoms with Crippen LogP contribution in [0.4, 0.5) is 0 Å². The van der Waals surface area contributed by atoms with Crippen molar-refractivity contribution in [3.05, 3.63) is 54.7 Å². The highest BCUT2D eigenvalue weighted by Crippen LogP contribution is 2.66. The van der Waals surface area contributed by atoms with Crippen molar-refractivity contribution in [2.24, 2.45) is 0 Å². The Kier molecular flexibility index (Phi) is 7.68. The summed E-state index contributed by atoms with van der Waals surface area (Å²) in [6, 6.07) is 9.37. The van der Waals surface area contributed by atoms with Gasteiger partial charge in [0, 0.05) is 6.42 Å². The van der Waals surface area contributed by atoms with Crippen LogP contribution in [0.15, 0.2) is 49.2 Å². The van der Waals surface area contributed by atoms with E-state index in [-0.39, 0.29) is 0 Å². The first kappa shape index (κ1) is 27.6. The third kappa shape index (κ3) is 6.43. The second-order valence-electron chi connectivity index (χ2n) is 8.16. The SMILES string of the molecule is O=P(O)(O)OP(=O)(O)OP(=O)(O)OC[C@H]1O[C@@H](n2cnc3cncnc32)[C@@H]2OC(Cc3ccccc3)O[C@@H]21. The van der Waals surface area contributed by atoms with E-state index in [0.29, 0.717) is 17.6 Å². The number of fused-ring (bicyclic) bond motifs is 2. The molecule has 3 unspecified atom stereocenters. The summed E-state index contributed by atoms with van der Waals surface area (Å²) in [5, 5.41) is 0. The fourth-order valence-corrected chi connectivity index (χ4v) is 7.13. The number of imidazole rings is 1. The number of benzene rings is 1. The van der Waals surface area contributed by atoms with Gasteiger partial charge in [0.05, 0.1) is 19.1 Å². The van der Waals surface area contributed by atoms with Gasteiger partial charge in [-0.15, -0.1) is 0 Å². The molecule has 38 heavy (non-hydrogen) atoms. The Balaban J connectivity index is 1.34. The second kappa shape index (κ2) is 10.6. The number of rotatable bonds is 10. The average Bonchev–Trinajstić information content (AvgIpc) is 3.50. The quantitative estimate of drug-likeness (QED) is 0.243. The summed E-state index contributed by atoms with van der Waals surface area (Å²) in [6.07, 6.45) is 0.454. The molecule has 0 aliphatic carbocycles. The van der Waals surface area contributed by atoms with Crippen LogP contribution in [0, 0.1) is 0 Å². The lowest BCUT2D eigenvalue weighted by Crippen LogP contribution is -2.31. The smallest absolute Gasteiger partial charge is 0.347 e. The molecule has 2 aromatic heterocycles. The molecule has 0 amide bonds. The van der Waals surface area contributed by atoms with Crippen molar-refractivity contribution in [3.8, 4) is 0 Å². The van der Waals surface area contributed by atoms with Crippen molar-refractivity contribution in [2.45, 2.75) is 37.3 Å². The molecule has 7 atom stereocenters. The molecule has 0 spiro atoms. The van der Waals surface area contributed by atoms with E-state index in [1.54, 1.807) is 4.57 Å². The van der Waals surface area contributed by atoms with Crippen molar-refractivity contribution in [1.82, 2.24) is 19.5 Å². The van der Waals surface area contributed by atoms with E-state index < -0.39 is 60.9 Å². The molecule has 5 rings (SSSR count). The molecule has 2 saturated heterocycles. The summed E-state index contributed by atoms with van der Waals surface area (Å²) in [5.74, 6) is 0. The molecule has 20 heteroatoms. The Labute approximate surface area is 213 Å². The zero-order valence-corrected chi connectivity index (χ0v) is 21.7. The maximum atomic E-state index is 12.2. The van der Waals surface area contributed by atoms with Gasteiger partial charge in [0.15, 0.2) is 18.2 Å². The van der Waals surface area contributed by atoms with Crippen LogP contribution in [0.1, 0.15) is 11.8 Å². The highest BCUT2D eigenvalue weighted by Gasteiger charge is 2.54. The molecule has 4 N–H and O–H groups in total. The highest BCUT2D eigenvalue weighted by atomic mass is 31.3. The zero-order chi connectivity index (χ0) is 27.1. The van der Waals surface area contributed by atoms with E-state index in [1.165, 1.54) is 18.9 Å². The molecule has 2 aliphatic rings. The molecular formula is C18H21N4O13P3. The lowest BCUT2D eigenvalue weighted by molar-refractivity contribution is -0.149. The van der Waals surface area contributed by atoms with Crippen molar-refractivity contribution >= 4 is 34.6 Å². The van der Waals surface area contributed by atoms with E-state index in [0.717, 1.165) is 5.56 Å². The maximum Gasteiger partial charge on any atom is 0.490 e. The number of phosphoric ester groups is 1. The van der Waals surface area contributed by atoms with Gasteiger partial charge in [-0.25, -0.2) is 28.6 Å². The summed E-state index contributed by atoms with van der Waals surface area (Å²) in [4.78, 5) is 49.0. The fraction of sp³-hybridized carbons (Fsp3) is 0.389. The van der Waals surface area contributed by atoms with Crippen molar-refractivity contribution in [3.63, 3.8) is 0 Å². The molecule has 0 saturated carbocycles. The van der Waals surface area contributed by atoms with E-state index in [9.17, 15) is 23.5 Å². The molecular weight excluding hydrogens is 573 g/mol. The topological polar surface area (TPSA) is 231 Å². The molecule has 206 valence electrons. The van der Waals surface area contributed by atoms with Gasteiger partial charge in [-0.2, -0.15) is 8.62 Å². The summed E-state index contributed by atoms with van der Waals surface area (Å²) in [5.41, 5.74) is 1.83. The largest absolute Gasteiger partial charge is 0.490 e. The molecule has 17 nitrogen and oxygen atoms in total. The van der Waals surface area contributed by atoms with Gasteiger partial charge in [0.25, 0.3) is 0 Å². The van der Waals surface area contributed by atoms with Crippen LogP contribution in [0.5, 0.6) is 0 Å². The molecule has 0 radical (unpaired) electrons. The van der Waals surface area contributed by atoms with Crippen molar-refractivity contribution < 1.29 is 60.6 Å². The maximum absolute atomic E-state index is 12.2. The molecule has 2 fully saturated rings. The van der Waals surface area contributed by atoms with E-state index in [4.69, 9.17) is 28.5 Å². The average molecular weight is 594 g/mol. The zero-order valence-electron chi connectivity index (χ0n) is 19.0. The van der Waals surface area contributed by atoms with E-state index in [1.807, 2.05) is 30.3 Å². The molecule has 3 aromatic rings. The van der Waals surface area contributed by atoms with Gasteiger partial charge in [-0.3, -0.25) is 9.09 Å². The Morgan fingerprint density at radius 3 is 2.39 bits per heavy atom. The number of hydrogen-bond acceptors (Lipinski definition) is 12. The normalized spacial score (nSPS) is 28.7. The van der Waals surface area contributed by atoms with Crippen LogP contribution in [0.2, 0.25) is 0 Å². The van der Waals surface area contributed by atoms with Crippen LogP contribution in [-0.4, -0.2) is 70.3 Å². The Hall–Kier alpha value is -1.94. The lowest BCUT2D eigenvalue weighted by Gasteiger charge is -2.22. The van der Waals surface area contributed by atoms with Crippen LogP contribution in [-0.2, 0) is 47.5 Å². The minimum atomic E-state index is -5.67. The van der Waals surface area contributed by atoms with E-state index >= 15 is 0 Å². The predicted molar refractivity (Wildman–Crippen MR) is 123 cm³/mol. The summed E-state index contributed by atoms with van der Waals surface area (Å²) < 4.78 is 66.7. The highest BCUT2D eigenvalue weighted by molar-refractivity contribution is 7.66. The lowest BCUT2D eigenvalue weighted by atomic mass is 10.1. The fourth-order valence-electron chi connectivity index (χ4n) is 4.10. The molecule has 4 heterocycles. The standard InChI is InChI=1S/C18H21N4O13P3/c23-36(24,25)34-38(28,29)35-37(26,27)30-8-13-15-16(33-14(32-15)6-11-4-2-1-3-5-11)18(31-13)22-10-21-12-7-19-9-20-17(12)22/h1-5,7,9-10,13-16,18H,6,8H2,(H,26,27)(H,28,29)(H2,23,24,25)/t13-,14?,15-,16-,18-/m1/s1. The Bertz CT molecular complexity index is 1440. The third-order valence-corrected chi connectivity index (χ3v) is 9.28. The third-order valence-electron chi connectivity index (χ3n) is 5.48. The van der Waals surface area contributed by atoms with Gasteiger partial charge in [0.2, 0.25) is 0 Å². The number of hydrogen-bond donors (Lipinski definition) is 4. The first-order valence-corrected chi connectivity index (χ1v) is 15.3. The number of aromatic nitrogens is 4. The first-order valence-electron chi connectivity index (χ1n) is 10.8. The summed E-state index contributed by atoms with van der Waals surface area (Å²) in [6.45, 7) is -0.704. The minimum Gasteiger partial charge on any atom is -0.347 e. The van der Waals surface area contributed by atoms with Gasteiger partial charge < -0.3 is 33.8 Å². The van der Waals surface area contributed by atoms with E-state index in [2.05, 4.69) is 23.6 Å². The second-order valence-corrected chi connectivity index (χ2v) is 12.6. The van der Waals surface area contributed by atoms with Crippen LogP contribution in [0.3, 0.4) is 0 Å². The Morgan fingerprint density at radius 2 is 1.66 bits per heavy atom. The first-order chi connectivity index (χ1) is 17.9. The summed E-state index contributed by atoms with van der Waals surface area (Å²) in [7, 11) is -16.6.